The van der Waals surface area contributed by atoms with Gasteiger partial charge in [0.2, 0.25) is 10.3 Å². The Balaban J connectivity index is 2.59. The molecule has 0 amide bonds. The molecule has 0 aliphatic carbocycles. The van der Waals surface area contributed by atoms with E-state index in [9.17, 15) is 8.42 Å². The Morgan fingerprint density at radius 2 is 2.42 bits per heavy atom. The molecule has 6 nitrogen and oxygen atoms in total. The van der Waals surface area contributed by atoms with Gasteiger partial charge in [0.25, 0.3) is 0 Å². The smallest absolute Gasteiger partial charge is 0.212 e. The first-order chi connectivity index (χ1) is 5.68. The van der Waals surface area contributed by atoms with E-state index in [-0.39, 0.29) is 6.54 Å². The topological polar surface area (TPSA) is 85.1 Å². The maximum absolute atomic E-state index is 10.1. The Labute approximate surface area is 70.0 Å². The third-order valence-electron chi connectivity index (χ3n) is 1.11. The van der Waals surface area contributed by atoms with Gasteiger partial charge in [-0.25, -0.2) is 4.98 Å². The van der Waals surface area contributed by atoms with E-state index < -0.39 is 16.4 Å². The summed E-state index contributed by atoms with van der Waals surface area (Å²) in [5.74, 6) is 0. The Morgan fingerprint density at radius 3 is 2.92 bits per heavy atom. The first kappa shape index (κ1) is 8.88. The predicted octanol–water partition coefficient (Wildman–Crippen LogP) is -1.68. The van der Waals surface area contributed by atoms with Gasteiger partial charge >= 0.3 is 0 Å². The van der Waals surface area contributed by atoms with Gasteiger partial charge < -0.3 is 5.11 Å². The Bertz CT molecular complexity index is 347. The summed E-state index contributed by atoms with van der Waals surface area (Å²) in [6, 6.07) is 0. The van der Waals surface area contributed by atoms with Crippen molar-refractivity contribution >= 4 is 15.7 Å². The highest BCUT2D eigenvalue weighted by Crippen LogP contribution is 1.84. The van der Waals surface area contributed by atoms with Gasteiger partial charge in [-0.05, 0) is 0 Å². The highest BCUT2D eigenvalue weighted by atomic mass is 32.2. The molecule has 0 aliphatic heterocycles. The molecule has 1 atom stereocenters. The first-order valence-electron chi connectivity index (χ1n) is 3.12. The summed E-state index contributed by atoms with van der Waals surface area (Å²) in [7, 11) is -2.34. The van der Waals surface area contributed by atoms with Crippen molar-refractivity contribution in [1.82, 2.24) is 14.8 Å². The van der Waals surface area contributed by atoms with E-state index in [0.29, 0.717) is 0 Å². The maximum Gasteiger partial charge on any atom is 0.212 e. The fourth-order valence-corrected chi connectivity index (χ4v) is 1.03. The summed E-state index contributed by atoms with van der Waals surface area (Å²) < 4.78 is 21.5. The highest BCUT2D eigenvalue weighted by molar-refractivity contribution is 7.71. The fourth-order valence-electron chi connectivity index (χ4n) is 0.690. The first-order valence-corrected chi connectivity index (χ1v) is 4.26. The summed E-state index contributed by atoms with van der Waals surface area (Å²) in [5, 5.41) is 13.5. The molecule has 0 aromatic carbocycles. The van der Waals surface area contributed by atoms with E-state index in [2.05, 4.69) is 10.1 Å². The van der Waals surface area contributed by atoms with Gasteiger partial charge in [-0.1, -0.05) is 0 Å². The third kappa shape index (κ3) is 2.81. The van der Waals surface area contributed by atoms with Crippen molar-refractivity contribution < 1.29 is 13.5 Å². The van der Waals surface area contributed by atoms with Crippen molar-refractivity contribution in [2.24, 2.45) is 0 Å². The largest absolute Gasteiger partial charge is 0.386 e. The molecule has 0 aliphatic rings. The van der Waals surface area contributed by atoms with Crippen LogP contribution in [-0.2, 0) is 16.8 Å². The lowest BCUT2D eigenvalue weighted by atomic mass is 10.4. The number of hydrogen-bond donors (Lipinski definition) is 1. The normalized spacial score (nSPS) is 12.4. The maximum atomic E-state index is 10.1. The van der Waals surface area contributed by atoms with Gasteiger partial charge in [-0.2, -0.15) is 13.5 Å². The molecule has 66 valence electrons. The molecule has 1 aromatic rings. The fraction of sp³-hybridized carbons (Fsp3) is 0.400. The second-order valence-electron chi connectivity index (χ2n) is 2.08. The Kier molecular flexibility index (Phi) is 2.94. The van der Waals surface area contributed by atoms with E-state index >= 15 is 0 Å². The molecule has 0 fully saturated rings. The zero-order valence-electron chi connectivity index (χ0n) is 6.03. The Hall–Kier alpha value is -1.21. The van der Waals surface area contributed by atoms with Crippen LogP contribution in [0.15, 0.2) is 12.7 Å². The van der Waals surface area contributed by atoms with Crippen LogP contribution in [0.4, 0.5) is 0 Å². The second-order valence-corrected chi connectivity index (χ2v) is 2.87. The third-order valence-corrected chi connectivity index (χ3v) is 1.65. The lowest BCUT2D eigenvalue weighted by molar-refractivity contribution is 0.220. The minimum absolute atomic E-state index is 0.0912. The summed E-state index contributed by atoms with van der Waals surface area (Å²) in [4.78, 5) is 3.63. The molecule has 0 saturated carbocycles. The van der Waals surface area contributed by atoms with E-state index in [1.807, 2.05) is 0 Å². The van der Waals surface area contributed by atoms with Crippen molar-refractivity contribution in [3.05, 3.63) is 12.7 Å². The summed E-state index contributed by atoms with van der Waals surface area (Å²) in [6.45, 7) is 0.0912. The summed E-state index contributed by atoms with van der Waals surface area (Å²) in [6.07, 6.45) is 1.65. The van der Waals surface area contributed by atoms with Gasteiger partial charge in [0.05, 0.1) is 11.9 Å². The molecular formula is C5H7N3O3S. The van der Waals surface area contributed by atoms with Crippen LogP contribution in [0.1, 0.15) is 0 Å². The molecule has 1 aromatic heterocycles. The predicted molar refractivity (Wildman–Crippen MR) is 41.0 cm³/mol. The molecule has 1 unspecified atom stereocenters. The quantitative estimate of drug-likeness (QED) is 0.574. The number of nitrogens with zero attached hydrogens (tertiary/aromatic N) is 3. The van der Waals surface area contributed by atoms with Crippen molar-refractivity contribution in [2.75, 3.05) is 0 Å². The van der Waals surface area contributed by atoms with Crippen molar-refractivity contribution in [1.29, 1.82) is 0 Å². The summed E-state index contributed by atoms with van der Waals surface area (Å²) in [5.41, 5.74) is 0. The SMILES string of the molecule is O=S(=O)=CC(O)Cn1cncn1. The lowest BCUT2D eigenvalue weighted by Crippen LogP contribution is -2.17. The van der Waals surface area contributed by atoms with E-state index in [4.69, 9.17) is 5.11 Å². The van der Waals surface area contributed by atoms with E-state index in [1.165, 1.54) is 17.3 Å². The van der Waals surface area contributed by atoms with Crippen LogP contribution in [0.25, 0.3) is 0 Å². The standard InChI is InChI=1S/C5H7N3O3S/c9-5(2-12(10)11)1-8-4-6-3-7-8/h2-5,9H,1H2. The monoisotopic (exact) mass is 189 g/mol. The zero-order chi connectivity index (χ0) is 8.97. The van der Waals surface area contributed by atoms with Gasteiger partial charge in [-0.3, -0.25) is 4.68 Å². The number of rotatable bonds is 3. The molecule has 1 heterocycles. The molecule has 0 radical (unpaired) electrons. The van der Waals surface area contributed by atoms with Crippen molar-refractivity contribution in [3.63, 3.8) is 0 Å². The molecule has 0 spiro atoms. The molecule has 0 bridgehead atoms. The molecule has 1 rings (SSSR count). The van der Waals surface area contributed by atoms with Crippen LogP contribution in [0.2, 0.25) is 0 Å². The van der Waals surface area contributed by atoms with Crippen molar-refractivity contribution in [3.8, 4) is 0 Å². The summed E-state index contributed by atoms with van der Waals surface area (Å²) >= 11 is 0. The zero-order valence-corrected chi connectivity index (χ0v) is 6.85. The van der Waals surface area contributed by atoms with Crippen LogP contribution >= 0.6 is 0 Å². The van der Waals surface area contributed by atoms with Gasteiger partial charge in [0.15, 0.2) is 0 Å². The van der Waals surface area contributed by atoms with Gasteiger partial charge in [0, 0.05) is 0 Å². The molecular weight excluding hydrogens is 182 g/mol. The van der Waals surface area contributed by atoms with Crippen LogP contribution in [0, 0.1) is 0 Å². The number of hydrogen-bond acceptors (Lipinski definition) is 5. The number of aliphatic hydroxyl groups is 1. The van der Waals surface area contributed by atoms with Crippen molar-refractivity contribution in [2.45, 2.75) is 12.6 Å². The molecule has 12 heavy (non-hydrogen) atoms. The molecule has 0 saturated heterocycles. The number of aliphatic hydroxyl groups excluding tert-OH is 1. The molecule has 1 N–H and O–H groups in total. The van der Waals surface area contributed by atoms with Crippen LogP contribution in [-0.4, -0.2) is 39.8 Å². The number of aromatic nitrogens is 3. The Morgan fingerprint density at radius 1 is 1.67 bits per heavy atom. The van der Waals surface area contributed by atoms with Gasteiger partial charge in [-0.15, -0.1) is 0 Å². The van der Waals surface area contributed by atoms with Crippen LogP contribution in [0.3, 0.4) is 0 Å². The van der Waals surface area contributed by atoms with Gasteiger partial charge in [0.1, 0.15) is 18.8 Å². The van der Waals surface area contributed by atoms with E-state index in [0.717, 1.165) is 5.37 Å². The van der Waals surface area contributed by atoms with Crippen LogP contribution < -0.4 is 0 Å². The average Bonchev–Trinajstić information content (AvgIpc) is 2.37. The van der Waals surface area contributed by atoms with E-state index in [1.54, 1.807) is 0 Å². The minimum atomic E-state index is -2.34. The average molecular weight is 189 g/mol. The molecule has 7 heteroatoms. The highest BCUT2D eigenvalue weighted by Gasteiger charge is 2.01. The van der Waals surface area contributed by atoms with Crippen LogP contribution in [0.5, 0.6) is 0 Å². The lowest BCUT2D eigenvalue weighted by Gasteiger charge is -2.01. The second kappa shape index (κ2) is 3.98. The minimum Gasteiger partial charge on any atom is -0.386 e.